The zero-order valence-corrected chi connectivity index (χ0v) is 13.5. The Kier molecular flexibility index (Phi) is 4.57. The maximum atomic E-state index is 12.5. The largest absolute Gasteiger partial charge is 0.329 e. The molecule has 0 unspecified atom stereocenters. The molecule has 7 heteroatoms. The Bertz CT molecular complexity index is 571. The van der Waals surface area contributed by atoms with Crippen LogP contribution in [0.25, 0.3) is 0 Å². The van der Waals surface area contributed by atoms with Gasteiger partial charge in [0.2, 0.25) is 10.0 Å². The molecule has 1 saturated carbocycles. The Balaban J connectivity index is 2.35. The van der Waals surface area contributed by atoms with Crippen LogP contribution in [0.15, 0.2) is 27.6 Å². The summed E-state index contributed by atoms with van der Waals surface area (Å²) in [5.41, 5.74) is 5.24. The van der Waals surface area contributed by atoms with Crippen molar-refractivity contribution in [3.8, 4) is 0 Å². The van der Waals surface area contributed by atoms with Crippen molar-refractivity contribution in [3.05, 3.63) is 27.7 Å². The number of hydrogen-bond acceptors (Lipinski definition) is 3. The number of benzene rings is 1. The topological polar surface area (TPSA) is 72.2 Å². The van der Waals surface area contributed by atoms with Crippen molar-refractivity contribution in [1.29, 1.82) is 0 Å². The van der Waals surface area contributed by atoms with E-state index in [-0.39, 0.29) is 4.90 Å². The first-order valence-electron chi connectivity index (χ1n) is 6.08. The first kappa shape index (κ1) is 15.3. The fraction of sp³-hybridized carbons (Fsp3) is 0.500. The molecule has 0 bridgehead atoms. The summed E-state index contributed by atoms with van der Waals surface area (Å²) in [6.45, 7) is 0.310. The average molecular weight is 368 g/mol. The molecule has 1 aliphatic rings. The van der Waals surface area contributed by atoms with E-state index in [0.29, 0.717) is 16.0 Å². The molecule has 0 atom stereocenters. The van der Waals surface area contributed by atoms with Gasteiger partial charge in [0, 0.05) is 12.1 Å². The van der Waals surface area contributed by atoms with E-state index in [9.17, 15) is 8.42 Å². The first-order valence-corrected chi connectivity index (χ1v) is 8.74. The molecule has 0 aromatic heterocycles. The molecule has 0 spiro atoms. The number of nitrogens with two attached hydrogens (primary N) is 1. The van der Waals surface area contributed by atoms with E-state index >= 15 is 0 Å². The Hall–Kier alpha value is -0.140. The maximum absolute atomic E-state index is 12.5. The fourth-order valence-corrected chi connectivity index (χ4v) is 5.14. The lowest BCUT2D eigenvalue weighted by atomic mass is 10.0. The average Bonchev–Trinajstić information content (AvgIpc) is 2.81. The van der Waals surface area contributed by atoms with E-state index < -0.39 is 15.6 Å². The quantitative estimate of drug-likeness (QED) is 0.859. The standard InChI is InChI=1S/C12H16BrClN2O2S/c13-11-9(14)4-3-5-10(11)19(17,18)16-12(8-15)6-1-2-7-12/h3-5,16H,1-2,6-8,15H2. The molecule has 1 aliphatic carbocycles. The van der Waals surface area contributed by atoms with Gasteiger partial charge in [-0.3, -0.25) is 0 Å². The minimum atomic E-state index is -3.63. The van der Waals surface area contributed by atoms with Gasteiger partial charge in [0.05, 0.1) is 14.4 Å². The second kappa shape index (κ2) is 5.69. The summed E-state index contributed by atoms with van der Waals surface area (Å²) in [6.07, 6.45) is 3.55. The van der Waals surface area contributed by atoms with Gasteiger partial charge in [0.25, 0.3) is 0 Å². The van der Waals surface area contributed by atoms with E-state index in [1.807, 2.05) is 0 Å². The van der Waals surface area contributed by atoms with Crippen LogP contribution in [0.4, 0.5) is 0 Å². The Morgan fingerprint density at radius 2 is 2.00 bits per heavy atom. The highest BCUT2D eigenvalue weighted by Crippen LogP contribution is 2.33. The molecule has 19 heavy (non-hydrogen) atoms. The van der Waals surface area contributed by atoms with Gasteiger partial charge in [-0.05, 0) is 40.9 Å². The molecule has 0 saturated heterocycles. The molecule has 3 N–H and O–H groups in total. The van der Waals surface area contributed by atoms with Crippen molar-refractivity contribution in [2.24, 2.45) is 5.73 Å². The minimum Gasteiger partial charge on any atom is -0.329 e. The lowest BCUT2D eigenvalue weighted by Crippen LogP contribution is -2.51. The van der Waals surface area contributed by atoms with Crippen molar-refractivity contribution < 1.29 is 8.42 Å². The van der Waals surface area contributed by atoms with Crippen LogP contribution in [-0.2, 0) is 10.0 Å². The van der Waals surface area contributed by atoms with Crippen LogP contribution in [0.3, 0.4) is 0 Å². The maximum Gasteiger partial charge on any atom is 0.242 e. The lowest BCUT2D eigenvalue weighted by Gasteiger charge is -2.28. The third-order valence-electron chi connectivity index (χ3n) is 3.51. The smallest absolute Gasteiger partial charge is 0.242 e. The third-order valence-corrected chi connectivity index (χ3v) is 6.79. The molecule has 106 valence electrons. The van der Waals surface area contributed by atoms with Crippen LogP contribution in [-0.4, -0.2) is 20.5 Å². The highest BCUT2D eigenvalue weighted by molar-refractivity contribution is 9.10. The molecular formula is C12H16BrClN2O2S. The number of rotatable bonds is 4. The summed E-state index contributed by atoms with van der Waals surface area (Å²) in [5, 5.41) is 0.371. The summed E-state index contributed by atoms with van der Waals surface area (Å²) in [4.78, 5) is 0.153. The highest BCUT2D eigenvalue weighted by atomic mass is 79.9. The minimum absolute atomic E-state index is 0.153. The van der Waals surface area contributed by atoms with Crippen LogP contribution < -0.4 is 10.5 Å². The van der Waals surface area contributed by atoms with Crippen LogP contribution in [0, 0.1) is 0 Å². The molecule has 4 nitrogen and oxygen atoms in total. The van der Waals surface area contributed by atoms with E-state index in [0.717, 1.165) is 25.7 Å². The van der Waals surface area contributed by atoms with Gasteiger partial charge in [0.15, 0.2) is 0 Å². The number of hydrogen-bond donors (Lipinski definition) is 2. The lowest BCUT2D eigenvalue weighted by molar-refractivity contribution is 0.399. The van der Waals surface area contributed by atoms with Crippen molar-refractivity contribution >= 4 is 37.6 Å². The Morgan fingerprint density at radius 3 is 2.58 bits per heavy atom. The van der Waals surface area contributed by atoms with Crippen LogP contribution in [0.5, 0.6) is 0 Å². The molecule has 0 radical (unpaired) electrons. The van der Waals surface area contributed by atoms with Crippen LogP contribution in [0.2, 0.25) is 5.02 Å². The highest BCUT2D eigenvalue weighted by Gasteiger charge is 2.37. The Labute approximate surface area is 126 Å². The summed E-state index contributed by atoms with van der Waals surface area (Å²) < 4.78 is 28.1. The summed E-state index contributed by atoms with van der Waals surface area (Å²) in [7, 11) is -3.63. The fourth-order valence-electron chi connectivity index (χ4n) is 2.43. The number of sulfonamides is 1. The van der Waals surface area contributed by atoms with Gasteiger partial charge < -0.3 is 5.73 Å². The molecule has 0 amide bonds. The zero-order valence-electron chi connectivity index (χ0n) is 10.3. The van der Waals surface area contributed by atoms with Gasteiger partial charge in [-0.15, -0.1) is 0 Å². The van der Waals surface area contributed by atoms with Gasteiger partial charge in [0.1, 0.15) is 0 Å². The molecule has 2 rings (SSSR count). The van der Waals surface area contributed by atoms with Crippen LogP contribution >= 0.6 is 27.5 Å². The SMILES string of the molecule is NCC1(NS(=O)(=O)c2cccc(Cl)c2Br)CCCC1. The van der Waals surface area contributed by atoms with E-state index in [2.05, 4.69) is 20.7 Å². The van der Waals surface area contributed by atoms with Crippen molar-refractivity contribution in [3.63, 3.8) is 0 Å². The molecule has 1 aromatic rings. The monoisotopic (exact) mass is 366 g/mol. The predicted octanol–water partition coefficient (Wildman–Crippen LogP) is 2.65. The molecule has 0 aliphatic heterocycles. The second-order valence-electron chi connectivity index (χ2n) is 4.85. The third kappa shape index (κ3) is 3.13. The summed E-state index contributed by atoms with van der Waals surface area (Å²) in [5.74, 6) is 0. The van der Waals surface area contributed by atoms with Gasteiger partial charge in [-0.25, -0.2) is 13.1 Å². The number of halogens is 2. The Morgan fingerprint density at radius 1 is 1.37 bits per heavy atom. The molecule has 1 aromatic carbocycles. The molecular weight excluding hydrogens is 352 g/mol. The van der Waals surface area contributed by atoms with Gasteiger partial charge >= 0.3 is 0 Å². The normalized spacial score (nSPS) is 18.7. The first-order chi connectivity index (χ1) is 8.90. The van der Waals surface area contributed by atoms with E-state index in [4.69, 9.17) is 17.3 Å². The molecule has 1 fully saturated rings. The summed E-state index contributed by atoms with van der Waals surface area (Å²) in [6, 6.07) is 4.78. The summed E-state index contributed by atoms with van der Waals surface area (Å²) >= 11 is 9.16. The van der Waals surface area contributed by atoms with Gasteiger partial charge in [-0.1, -0.05) is 30.5 Å². The molecule has 0 heterocycles. The van der Waals surface area contributed by atoms with Gasteiger partial charge in [-0.2, -0.15) is 0 Å². The second-order valence-corrected chi connectivity index (χ2v) is 7.70. The van der Waals surface area contributed by atoms with Crippen molar-refractivity contribution in [1.82, 2.24) is 4.72 Å². The zero-order chi connectivity index (χ0) is 14.1. The van der Waals surface area contributed by atoms with E-state index in [1.165, 1.54) is 6.07 Å². The van der Waals surface area contributed by atoms with Crippen molar-refractivity contribution in [2.45, 2.75) is 36.1 Å². The predicted molar refractivity (Wildman–Crippen MR) is 79.7 cm³/mol. The number of nitrogens with one attached hydrogen (secondary N) is 1. The van der Waals surface area contributed by atoms with Crippen LogP contribution in [0.1, 0.15) is 25.7 Å². The van der Waals surface area contributed by atoms with E-state index in [1.54, 1.807) is 12.1 Å². The van der Waals surface area contributed by atoms with Crippen molar-refractivity contribution in [2.75, 3.05) is 6.54 Å².